The zero-order chi connectivity index (χ0) is 15.5. The minimum absolute atomic E-state index is 0.0202. The minimum atomic E-state index is 0.0202. The van der Waals surface area contributed by atoms with Gasteiger partial charge in [0.15, 0.2) is 0 Å². The lowest BCUT2D eigenvalue weighted by Gasteiger charge is -2.33. The van der Waals surface area contributed by atoms with Crippen molar-refractivity contribution in [3.63, 3.8) is 0 Å². The van der Waals surface area contributed by atoms with E-state index in [2.05, 4.69) is 9.97 Å². The van der Waals surface area contributed by atoms with Crippen LogP contribution in [0.25, 0.3) is 0 Å². The fourth-order valence-electron chi connectivity index (χ4n) is 3.45. The van der Waals surface area contributed by atoms with Crippen LogP contribution < -0.4 is 4.90 Å². The van der Waals surface area contributed by atoms with Gasteiger partial charge in [-0.25, -0.2) is 9.97 Å². The summed E-state index contributed by atoms with van der Waals surface area (Å²) in [6, 6.07) is 0.340. The predicted molar refractivity (Wildman–Crippen MR) is 84.0 cm³/mol. The summed E-state index contributed by atoms with van der Waals surface area (Å²) in [5.41, 5.74) is 0.449. The van der Waals surface area contributed by atoms with Gasteiger partial charge < -0.3 is 14.5 Å². The molecule has 2 aliphatic rings. The molecule has 2 saturated heterocycles. The molecule has 1 aromatic heterocycles. The van der Waals surface area contributed by atoms with Crippen molar-refractivity contribution in [2.24, 2.45) is 5.92 Å². The van der Waals surface area contributed by atoms with Crippen molar-refractivity contribution < 1.29 is 9.53 Å². The molecule has 1 unspecified atom stereocenters. The van der Waals surface area contributed by atoms with Gasteiger partial charge in [-0.2, -0.15) is 0 Å². The lowest BCUT2D eigenvalue weighted by Crippen LogP contribution is -2.42. The fraction of sp³-hybridized carbons (Fsp3) is 0.688. The molecule has 1 atom stereocenters. The van der Waals surface area contributed by atoms with Crippen molar-refractivity contribution in [1.29, 1.82) is 0 Å². The molecular weight excluding hydrogens is 280 g/mol. The molecule has 2 aliphatic heterocycles. The van der Waals surface area contributed by atoms with Crippen LogP contribution in [0, 0.1) is 5.92 Å². The number of nitrogens with zero attached hydrogens (tertiary/aromatic N) is 4. The van der Waals surface area contributed by atoms with E-state index in [1.807, 2.05) is 23.9 Å². The minimum Gasteiger partial charge on any atom is -0.381 e. The largest absolute Gasteiger partial charge is 0.381 e. The highest BCUT2D eigenvalue weighted by Crippen LogP contribution is 2.31. The first-order valence-electron chi connectivity index (χ1n) is 8.05. The smallest absolute Gasteiger partial charge is 0.274 e. The number of ether oxygens (including phenoxy) is 1. The Hall–Kier alpha value is -1.69. The Balaban J connectivity index is 1.72. The molecule has 3 rings (SSSR count). The molecule has 0 aromatic carbocycles. The molecule has 6 heteroatoms. The first kappa shape index (κ1) is 15.2. The second kappa shape index (κ2) is 6.60. The van der Waals surface area contributed by atoms with Crippen molar-refractivity contribution >= 4 is 11.7 Å². The van der Waals surface area contributed by atoms with Gasteiger partial charge in [0.2, 0.25) is 0 Å². The molecule has 0 spiro atoms. The van der Waals surface area contributed by atoms with Crippen molar-refractivity contribution in [2.75, 3.05) is 38.8 Å². The summed E-state index contributed by atoms with van der Waals surface area (Å²) >= 11 is 0. The van der Waals surface area contributed by atoms with Crippen LogP contribution in [0.1, 0.15) is 36.2 Å². The monoisotopic (exact) mass is 304 g/mol. The van der Waals surface area contributed by atoms with E-state index in [9.17, 15) is 4.79 Å². The number of likely N-dealkylation sites (tertiary alicyclic amines) is 1. The molecular formula is C16H24N4O2. The molecule has 0 radical (unpaired) electrons. The van der Waals surface area contributed by atoms with Crippen LogP contribution in [-0.4, -0.2) is 60.7 Å². The lowest BCUT2D eigenvalue weighted by molar-refractivity contribution is 0.0320. The van der Waals surface area contributed by atoms with Gasteiger partial charge >= 0.3 is 0 Å². The van der Waals surface area contributed by atoms with Crippen LogP contribution >= 0.6 is 0 Å². The zero-order valence-electron chi connectivity index (χ0n) is 13.4. The summed E-state index contributed by atoms with van der Waals surface area (Å²) < 4.78 is 5.44. The van der Waals surface area contributed by atoms with Crippen molar-refractivity contribution in [3.8, 4) is 0 Å². The highest BCUT2D eigenvalue weighted by molar-refractivity contribution is 5.92. The van der Waals surface area contributed by atoms with Crippen molar-refractivity contribution in [1.82, 2.24) is 14.9 Å². The molecule has 22 heavy (non-hydrogen) atoms. The summed E-state index contributed by atoms with van der Waals surface area (Å²) in [6.07, 6.45) is 7.54. The molecule has 120 valence electrons. The maximum Gasteiger partial charge on any atom is 0.274 e. The average Bonchev–Trinajstić information content (AvgIpc) is 3.04. The summed E-state index contributed by atoms with van der Waals surface area (Å²) in [5, 5.41) is 0. The third-order valence-electron chi connectivity index (χ3n) is 4.69. The zero-order valence-corrected chi connectivity index (χ0v) is 13.4. The first-order valence-corrected chi connectivity index (χ1v) is 8.05. The molecule has 1 aromatic rings. The van der Waals surface area contributed by atoms with E-state index in [1.165, 1.54) is 0 Å². The molecule has 6 nitrogen and oxygen atoms in total. The summed E-state index contributed by atoms with van der Waals surface area (Å²) in [7, 11) is 3.82. The summed E-state index contributed by atoms with van der Waals surface area (Å²) in [5.74, 6) is 1.35. The number of carbonyl (C=O) groups excluding carboxylic acids is 1. The maximum atomic E-state index is 12.8. The number of rotatable bonds is 3. The summed E-state index contributed by atoms with van der Waals surface area (Å²) in [6.45, 7) is 2.47. The van der Waals surface area contributed by atoms with Gasteiger partial charge in [0.05, 0.1) is 12.4 Å². The number of amides is 1. The lowest BCUT2D eigenvalue weighted by atomic mass is 9.90. The van der Waals surface area contributed by atoms with Crippen LogP contribution in [0.3, 0.4) is 0 Å². The summed E-state index contributed by atoms with van der Waals surface area (Å²) in [4.78, 5) is 25.3. The topological polar surface area (TPSA) is 58.6 Å². The van der Waals surface area contributed by atoms with Gasteiger partial charge in [0.1, 0.15) is 11.5 Å². The fourth-order valence-corrected chi connectivity index (χ4v) is 3.45. The van der Waals surface area contributed by atoms with Gasteiger partial charge in [0, 0.05) is 39.9 Å². The van der Waals surface area contributed by atoms with E-state index in [0.717, 1.165) is 51.3 Å². The number of hydrogen-bond donors (Lipinski definition) is 0. The van der Waals surface area contributed by atoms with Gasteiger partial charge in [-0.15, -0.1) is 0 Å². The van der Waals surface area contributed by atoms with Crippen molar-refractivity contribution in [2.45, 2.75) is 31.7 Å². The van der Waals surface area contributed by atoms with E-state index in [1.54, 1.807) is 12.4 Å². The number of anilines is 1. The second-order valence-electron chi connectivity index (χ2n) is 6.31. The predicted octanol–water partition coefficient (Wildman–Crippen LogP) is 1.57. The first-order chi connectivity index (χ1) is 10.7. The third kappa shape index (κ3) is 3.06. The maximum absolute atomic E-state index is 12.8. The van der Waals surface area contributed by atoms with E-state index in [0.29, 0.717) is 17.7 Å². The van der Waals surface area contributed by atoms with Gasteiger partial charge in [-0.05, 0) is 31.6 Å². The molecule has 2 fully saturated rings. The van der Waals surface area contributed by atoms with Crippen LogP contribution in [0.15, 0.2) is 12.4 Å². The van der Waals surface area contributed by atoms with Crippen LogP contribution in [-0.2, 0) is 4.74 Å². The molecule has 0 N–H and O–H groups in total. The highest BCUT2D eigenvalue weighted by atomic mass is 16.5. The second-order valence-corrected chi connectivity index (χ2v) is 6.31. The molecule has 0 bridgehead atoms. The van der Waals surface area contributed by atoms with Crippen molar-refractivity contribution in [3.05, 3.63) is 18.1 Å². The molecule has 0 saturated carbocycles. The number of aromatic nitrogens is 2. The van der Waals surface area contributed by atoms with Gasteiger partial charge in [-0.1, -0.05) is 0 Å². The standard InChI is InChI=1S/C16H24N4O2/c1-19(2)15-11-17-13(10-18-15)16(21)20-7-3-4-14(20)12-5-8-22-9-6-12/h10-12,14H,3-9H2,1-2H3. The normalized spacial score (nSPS) is 22.8. The highest BCUT2D eigenvalue weighted by Gasteiger charge is 2.36. The Morgan fingerprint density at radius 3 is 2.64 bits per heavy atom. The Kier molecular flexibility index (Phi) is 4.57. The van der Waals surface area contributed by atoms with E-state index >= 15 is 0 Å². The van der Waals surface area contributed by atoms with Gasteiger partial charge in [0.25, 0.3) is 5.91 Å². The third-order valence-corrected chi connectivity index (χ3v) is 4.69. The van der Waals surface area contributed by atoms with E-state index < -0.39 is 0 Å². The Bertz CT molecular complexity index is 511. The van der Waals surface area contributed by atoms with E-state index in [-0.39, 0.29) is 5.91 Å². The van der Waals surface area contributed by atoms with Gasteiger partial charge in [-0.3, -0.25) is 4.79 Å². The SMILES string of the molecule is CN(C)c1cnc(C(=O)N2CCCC2C2CCOCC2)cn1. The molecule has 1 amide bonds. The quantitative estimate of drug-likeness (QED) is 0.848. The van der Waals surface area contributed by atoms with Crippen LogP contribution in [0.2, 0.25) is 0 Å². The number of hydrogen-bond acceptors (Lipinski definition) is 5. The Morgan fingerprint density at radius 2 is 2.00 bits per heavy atom. The molecule has 3 heterocycles. The van der Waals surface area contributed by atoms with Crippen LogP contribution in [0.4, 0.5) is 5.82 Å². The van der Waals surface area contributed by atoms with Crippen LogP contribution in [0.5, 0.6) is 0 Å². The Morgan fingerprint density at radius 1 is 1.23 bits per heavy atom. The van der Waals surface area contributed by atoms with E-state index in [4.69, 9.17) is 4.74 Å². The molecule has 0 aliphatic carbocycles. The number of carbonyl (C=O) groups is 1. The average molecular weight is 304 g/mol. The Labute approximate surface area is 131 Å².